The van der Waals surface area contributed by atoms with Crippen LogP contribution in [0, 0.1) is 11.8 Å². The smallest absolute Gasteiger partial charge is 0.272 e. The fraction of sp³-hybridized carbons (Fsp3) is 0.419. The number of piperidine rings is 3. The molecule has 3 saturated heterocycles. The summed E-state index contributed by atoms with van der Waals surface area (Å²) in [7, 11) is 4.64. The van der Waals surface area contributed by atoms with E-state index in [1.165, 1.54) is 18.8 Å². The lowest BCUT2D eigenvalue weighted by molar-refractivity contribution is -0.133. The number of nitrogens with zero attached hydrogens (tertiary/aromatic N) is 9. The van der Waals surface area contributed by atoms with Gasteiger partial charge in [-0.25, -0.2) is 29.9 Å². The van der Waals surface area contributed by atoms with Gasteiger partial charge in [-0.1, -0.05) is 34.6 Å². The van der Waals surface area contributed by atoms with Gasteiger partial charge >= 0.3 is 0 Å². The molecule has 3 aliphatic heterocycles. The van der Waals surface area contributed by atoms with Crippen molar-refractivity contribution in [2.45, 2.75) is 97.7 Å². The number of hydrogen-bond acceptors (Lipinski definition) is 18. The molecule has 0 aromatic carbocycles. The van der Waals surface area contributed by atoms with Crippen molar-refractivity contribution in [3.05, 3.63) is 91.3 Å². The number of carbonyl (C=O) groups excluding carboxylic acids is 6. The van der Waals surface area contributed by atoms with Gasteiger partial charge in [0.25, 0.3) is 17.7 Å². The summed E-state index contributed by atoms with van der Waals surface area (Å²) in [6, 6.07) is 6.09. The van der Waals surface area contributed by atoms with Gasteiger partial charge in [0.05, 0.1) is 33.8 Å². The second kappa shape index (κ2) is 27.7. The Bertz CT molecular complexity index is 3820. The van der Waals surface area contributed by atoms with Crippen molar-refractivity contribution in [1.29, 1.82) is 0 Å². The Balaban J connectivity index is 0.000000147. The maximum atomic E-state index is 12.3. The molecule has 3 aliphatic rings. The molecule has 0 saturated carbocycles. The summed E-state index contributed by atoms with van der Waals surface area (Å²) in [6.45, 7) is 14.3. The molecule has 9 aromatic rings. The first-order valence-corrected chi connectivity index (χ1v) is 30.1. The summed E-state index contributed by atoms with van der Waals surface area (Å²) in [5.41, 5.74) is 7.35. The fourth-order valence-electron chi connectivity index (χ4n) is 11.8. The Morgan fingerprint density at radius 3 is 1.18 bits per heavy atom. The molecule has 89 heavy (non-hydrogen) atoms. The minimum Gasteiger partial charge on any atom is -0.443 e. The summed E-state index contributed by atoms with van der Waals surface area (Å²) in [4.78, 5) is 114. The van der Waals surface area contributed by atoms with E-state index in [1.807, 2.05) is 72.3 Å². The van der Waals surface area contributed by atoms with E-state index >= 15 is 0 Å². The summed E-state index contributed by atoms with van der Waals surface area (Å²) in [5.74, 6) is 1.28. The molecular formula is C62H76N18O9. The minimum atomic E-state index is -0.315. The van der Waals surface area contributed by atoms with Crippen molar-refractivity contribution in [2.75, 3.05) is 76.4 Å². The number of pyridine rings is 3. The van der Waals surface area contributed by atoms with Gasteiger partial charge in [0.15, 0.2) is 17.1 Å². The molecular weight excluding hydrogens is 1140 g/mol. The number of rotatable bonds is 15. The van der Waals surface area contributed by atoms with E-state index in [9.17, 15) is 28.8 Å². The lowest BCUT2D eigenvalue weighted by Crippen LogP contribution is -2.48. The molecule has 0 radical (unpaired) electrons. The van der Waals surface area contributed by atoms with E-state index in [1.54, 1.807) is 39.7 Å². The molecule has 27 nitrogen and oxygen atoms in total. The van der Waals surface area contributed by atoms with Crippen LogP contribution in [0.1, 0.15) is 111 Å². The zero-order valence-corrected chi connectivity index (χ0v) is 51.2. The number of H-pyrrole nitrogens is 3. The first-order chi connectivity index (χ1) is 43.1. The van der Waals surface area contributed by atoms with Crippen molar-refractivity contribution in [2.24, 2.45) is 11.8 Å². The minimum absolute atomic E-state index is 0.0804. The van der Waals surface area contributed by atoms with Crippen LogP contribution >= 0.6 is 0 Å². The average molecular weight is 1220 g/mol. The van der Waals surface area contributed by atoms with Crippen molar-refractivity contribution < 1.29 is 42.0 Å². The van der Waals surface area contributed by atoms with E-state index < -0.39 is 0 Å². The predicted molar refractivity (Wildman–Crippen MR) is 335 cm³/mol. The van der Waals surface area contributed by atoms with Crippen LogP contribution in [-0.2, 0) is 14.4 Å². The third-order valence-corrected chi connectivity index (χ3v) is 16.1. The molecule has 468 valence electrons. The average Bonchev–Trinajstić information content (AvgIpc) is 1.95. The SMILES string of the molecule is CCC(=O)N1CCC[C@@H](Nc2c(-c3nc(C(=O)NC)co3)cnc3[nH]ccc23)C1.CCC(=O)N1C[C@@H](C)C[C@@H](Nc2c(-c3nc(C(=O)NC)co3)cnc3[nH]ccc23)C1.CCC(=O)N1C[C@H](C)C[C@H](Nc2c(-c3nc(C(=O)NC)co3)cnc3[nH]ccc23)C1. The second-order valence-corrected chi connectivity index (χ2v) is 22.6. The van der Waals surface area contributed by atoms with Gasteiger partial charge in [-0.3, -0.25) is 28.8 Å². The number of fused-ring (bicyclic) bond motifs is 3. The number of amides is 6. The van der Waals surface area contributed by atoms with Gasteiger partial charge in [0.2, 0.25) is 35.4 Å². The highest BCUT2D eigenvalue weighted by atomic mass is 16.3. The van der Waals surface area contributed by atoms with Crippen LogP contribution in [-0.4, -0.2) is 174 Å². The number of aromatic amines is 3. The third-order valence-electron chi connectivity index (χ3n) is 16.1. The first kappa shape index (κ1) is 62.0. The maximum absolute atomic E-state index is 12.3. The Morgan fingerprint density at radius 2 is 0.831 bits per heavy atom. The molecule has 5 atom stereocenters. The molecule has 12 heterocycles. The zero-order valence-electron chi connectivity index (χ0n) is 51.2. The summed E-state index contributed by atoms with van der Waals surface area (Å²) in [5, 5.41) is 21.1. The summed E-state index contributed by atoms with van der Waals surface area (Å²) >= 11 is 0. The molecule has 0 aliphatic carbocycles. The number of likely N-dealkylation sites (tertiary alicyclic amines) is 3. The zero-order chi connectivity index (χ0) is 62.9. The number of hydrogen-bond donors (Lipinski definition) is 9. The third kappa shape index (κ3) is 13.9. The van der Waals surface area contributed by atoms with Crippen LogP contribution in [0.3, 0.4) is 0 Å². The first-order valence-electron chi connectivity index (χ1n) is 30.1. The highest BCUT2D eigenvalue weighted by molar-refractivity contribution is 6.01. The number of nitrogens with one attached hydrogen (secondary N) is 9. The van der Waals surface area contributed by atoms with E-state index in [0.717, 1.165) is 95.5 Å². The number of oxazole rings is 3. The lowest BCUT2D eigenvalue weighted by atomic mass is 9.95. The largest absolute Gasteiger partial charge is 0.443 e. The highest BCUT2D eigenvalue weighted by Crippen LogP contribution is 2.38. The van der Waals surface area contributed by atoms with Gasteiger partial charge in [-0.05, 0) is 55.7 Å². The van der Waals surface area contributed by atoms with E-state index in [0.29, 0.717) is 85.1 Å². The van der Waals surface area contributed by atoms with Crippen LogP contribution in [0.15, 0.2) is 87.4 Å². The van der Waals surface area contributed by atoms with Gasteiger partial charge in [0, 0.05) is 151 Å². The molecule has 6 amide bonds. The molecule has 3 fully saturated rings. The Kier molecular flexibility index (Phi) is 19.3. The molecule has 9 N–H and O–H groups in total. The quantitative estimate of drug-likeness (QED) is 0.0475. The van der Waals surface area contributed by atoms with Crippen molar-refractivity contribution in [3.8, 4) is 34.4 Å². The van der Waals surface area contributed by atoms with E-state index in [4.69, 9.17) is 13.3 Å². The topological polar surface area (TPSA) is 348 Å². The van der Waals surface area contributed by atoms with Gasteiger partial charge in [0.1, 0.15) is 35.7 Å². The van der Waals surface area contributed by atoms with Crippen LogP contribution < -0.4 is 31.9 Å². The van der Waals surface area contributed by atoms with Crippen molar-refractivity contribution in [1.82, 2.24) is 75.5 Å². The molecule has 12 rings (SSSR count). The molecule has 0 unspecified atom stereocenters. The molecule has 27 heteroatoms. The van der Waals surface area contributed by atoms with Gasteiger partial charge < -0.3 is 74.8 Å². The van der Waals surface area contributed by atoms with Gasteiger partial charge in [-0.15, -0.1) is 0 Å². The standard InChI is InChI=1S/2C21H26N6O3.C20H24N6O3/c2*1-4-17(28)27-9-12(2)7-13(10-27)25-18-14-5-6-23-19(14)24-8-15(18)21-26-16(11-30-21)20(29)22-3;1-3-16(27)26-8-4-5-12(10-26)24-17-13-6-7-22-18(13)23-9-14(17)20-25-15(11-29-20)19(28)21-2/h2*5-6,8,11-13H,4,7,9-10H2,1-3H3,(H,22,29)(H2,23,24,25);6-7,9,11-12H,3-5,8,10H2,1-2H3,(H,21,28)(H2,22,23,24)/t2*12-,13+;12-/m101/s1. The molecule has 9 aromatic heterocycles. The van der Waals surface area contributed by atoms with Crippen LogP contribution in [0.5, 0.6) is 0 Å². The van der Waals surface area contributed by atoms with Crippen LogP contribution in [0.4, 0.5) is 17.1 Å². The summed E-state index contributed by atoms with van der Waals surface area (Å²) < 4.78 is 16.8. The Hall–Kier alpha value is -10.1. The van der Waals surface area contributed by atoms with E-state index in [-0.39, 0.29) is 70.7 Å². The van der Waals surface area contributed by atoms with Crippen molar-refractivity contribution >= 4 is 85.6 Å². The maximum Gasteiger partial charge on any atom is 0.272 e. The lowest BCUT2D eigenvalue weighted by Gasteiger charge is -2.37. The van der Waals surface area contributed by atoms with Crippen LogP contribution in [0.25, 0.3) is 67.5 Å². The number of aromatic nitrogens is 9. The highest BCUT2D eigenvalue weighted by Gasteiger charge is 2.32. The molecule has 0 bridgehead atoms. The Labute approximate surface area is 512 Å². The predicted octanol–water partition coefficient (Wildman–Crippen LogP) is 7.66. The monoisotopic (exact) mass is 1220 g/mol. The van der Waals surface area contributed by atoms with E-state index in [2.05, 4.69) is 90.6 Å². The Morgan fingerprint density at radius 1 is 0.494 bits per heavy atom. The molecule has 0 spiro atoms. The second-order valence-electron chi connectivity index (χ2n) is 22.6. The fourth-order valence-corrected chi connectivity index (χ4v) is 11.8. The normalized spacial score (nSPS) is 18.3. The summed E-state index contributed by atoms with van der Waals surface area (Å²) in [6.07, 6.45) is 19.8. The number of anilines is 3. The number of carbonyl (C=O) groups is 6. The van der Waals surface area contributed by atoms with Gasteiger partial charge in [-0.2, -0.15) is 0 Å². The van der Waals surface area contributed by atoms with Crippen molar-refractivity contribution in [3.63, 3.8) is 0 Å². The van der Waals surface area contributed by atoms with Crippen LogP contribution in [0.2, 0.25) is 0 Å².